The molecule has 1 saturated carbocycles. The molecule has 22 heavy (non-hydrogen) atoms. The fourth-order valence-electron chi connectivity index (χ4n) is 4.29. The first-order chi connectivity index (χ1) is 10.7. The van der Waals surface area contributed by atoms with Crippen LogP contribution in [0.3, 0.4) is 0 Å². The first kappa shape index (κ1) is 16.1. The molecule has 2 heterocycles. The molecule has 1 aliphatic carbocycles. The number of hydrogen-bond acceptors (Lipinski definition) is 3. The van der Waals surface area contributed by atoms with Crippen molar-refractivity contribution >= 4 is 6.03 Å². The largest absolute Gasteiger partial charge is 0.381 e. The van der Waals surface area contributed by atoms with E-state index in [-0.39, 0.29) is 23.7 Å². The van der Waals surface area contributed by atoms with Gasteiger partial charge in [-0.3, -0.25) is 0 Å². The van der Waals surface area contributed by atoms with Gasteiger partial charge >= 0.3 is 6.03 Å². The molecule has 3 fully saturated rings. The Morgan fingerprint density at radius 3 is 2.59 bits per heavy atom. The topological polar surface area (TPSA) is 59.6 Å². The molecule has 2 atom stereocenters. The van der Waals surface area contributed by atoms with E-state index >= 15 is 0 Å². The second kappa shape index (κ2) is 7.18. The van der Waals surface area contributed by atoms with Gasteiger partial charge in [0.1, 0.15) is 0 Å². The summed E-state index contributed by atoms with van der Waals surface area (Å²) in [5.41, 5.74) is 0.0581. The Kier molecular flexibility index (Phi) is 5.24. The normalized spacial score (nSPS) is 30.1. The van der Waals surface area contributed by atoms with Crippen molar-refractivity contribution in [2.45, 2.75) is 76.0 Å². The lowest BCUT2D eigenvalue weighted by Crippen LogP contribution is -2.52. The SMILES string of the molecule is C[C@@H](NC(=O)N[C@@H]1CCOC2(CCCC2)C1)C1CCOCC1. The smallest absolute Gasteiger partial charge is 0.315 e. The maximum atomic E-state index is 12.3. The Morgan fingerprint density at radius 1 is 1.14 bits per heavy atom. The number of amides is 2. The van der Waals surface area contributed by atoms with Crippen molar-refractivity contribution in [1.29, 1.82) is 0 Å². The summed E-state index contributed by atoms with van der Waals surface area (Å²) in [4.78, 5) is 12.3. The van der Waals surface area contributed by atoms with Crippen molar-refractivity contribution in [3.63, 3.8) is 0 Å². The van der Waals surface area contributed by atoms with Gasteiger partial charge in [-0.2, -0.15) is 0 Å². The summed E-state index contributed by atoms with van der Waals surface area (Å²) in [5, 5.41) is 6.31. The molecule has 0 radical (unpaired) electrons. The Hall–Kier alpha value is -0.810. The number of nitrogens with one attached hydrogen (secondary N) is 2. The van der Waals surface area contributed by atoms with Crippen molar-refractivity contribution in [2.75, 3.05) is 19.8 Å². The summed E-state index contributed by atoms with van der Waals surface area (Å²) >= 11 is 0. The average Bonchev–Trinajstić information content (AvgIpc) is 2.95. The van der Waals surface area contributed by atoms with Gasteiger partial charge in [0.2, 0.25) is 0 Å². The third-order valence-electron chi connectivity index (χ3n) is 5.67. The maximum Gasteiger partial charge on any atom is 0.315 e. The van der Waals surface area contributed by atoms with E-state index in [9.17, 15) is 4.79 Å². The molecule has 0 unspecified atom stereocenters. The fraction of sp³-hybridized carbons (Fsp3) is 0.941. The van der Waals surface area contributed by atoms with Crippen molar-refractivity contribution in [3.05, 3.63) is 0 Å². The zero-order valence-corrected chi connectivity index (χ0v) is 13.7. The number of ether oxygens (including phenoxy) is 2. The van der Waals surface area contributed by atoms with Crippen LogP contribution < -0.4 is 10.6 Å². The molecule has 0 aromatic carbocycles. The zero-order valence-electron chi connectivity index (χ0n) is 13.7. The Labute approximate surface area is 133 Å². The lowest BCUT2D eigenvalue weighted by atomic mass is 9.89. The molecule has 1 spiro atoms. The van der Waals surface area contributed by atoms with E-state index < -0.39 is 0 Å². The highest BCUT2D eigenvalue weighted by Crippen LogP contribution is 2.39. The van der Waals surface area contributed by atoms with Crippen LogP contribution in [-0.2, 0) is 9.47 Å². The number of hydrogen-bond donors (Lipinski definition) is 2. The Balaban J connectivity index is 1.44. The van der Waals surface area contributed by atoms with Gasteiger partial charge in [0.05, 0.1) is 5.60 Å². The van der Waals surface area contributed by atoms with E-state index in [4.69, 9.17) is 9.47 Å². The average molecular weight is 310 g/mol. The predicted octanol–water partition coefficient (Wildman–Crippen LogP) is 2.59. The lowest BCUT2D eigenvalue weighted by Gasteiger charge is -2.38. The minimum absolute atomic E-state index is 0.0148. The van der Waals surface area contributed by atoms with Gasteiger partial charge in [-0.15, -0.1) is 0 Å². The maximum absolute atomic E-state index is 12.3. The van der Waals surface area contributed by atoms with Crippen LogP contribution in [-0.4, -0.2) is 43.5 Å². The second-order valence-electron chi connectivity index (χ2n) is 7.28. The van der Waals surface area contributed by atoms with Gasteiger partial charge in [-0.1, -0.05) is 12.8 Å². The van der Waals surface area contributed by atoms with Crippen LogP contribution in [0.15, 0.2) is 0 Å². The molecule has 2 amide bonds. The van der Waals surface area contributed by atoms with E-state index in [1.807, 2.05) is 0 Å². The first-order valence-electron chi connectivity index (χ1n) is 8.96. The second-order valence-corrected chi connectivity index (χ2v) is 7.28. The highest BCUT2D eigenvalue weighted by molar-refractivity contribution is 5.74. The molecule has 0 aromatic heterocycles. The standard InChI is InChI=1S/C17H30N2O3/c1-13(14-4-9-21-10-5-14)18-16(20)19-15-6-11-22-17(12-15)7-2-3-8-17/h13-15H,2-12H2,1H3,(H2,18,19,20)/t13-,15-/m1/s1. The number of urea groups is 1. The molecule has 5 heteroatoms. The van der Waals surface area contributed by atoms with E-state index in [2.05, 4.69) is 17.6 Å². The number of rotatable bonds is 3. The van der Waals surface area contributed by atoms with Gasteiger partial charge in [-0.05, 0) is 51.4 Å². The van der Waals surface area contributed by atoms with Gasteiger partial charge in [-0.25, -0.2) is 4.79 Å². The molecule has 3 aliphatic rings. The van der Waals surface area contributed by atoms with Crippen LogP contribution in [0, 0.1) is 5.92 Å². The first-order valence-corrected chi connectivity index (χ1v) is 8.96. The number of carbonyl (C=O) groups is 1. The minimum Gasteiger partial charge on any atom is -0.381 e. The van der Waals surface area contributed by atoms with E-state index in [1.165, 1.54) is 12.8 Å². The van der Waals surface area contributed by atoms with Crippen LogP contribution in [0.1, 0.15) is 58.3 Å². The zero-order chi connectivity index (χ0) is 15.4. The Morgan fingerprint density at radius 2 is 1.86 bits per heavy atom. The molecule has 2 N–H and O–H groups in total. The Bertz CT molecular complexity index is 376. The van der Waals surface area contributed by atoms with Crippen molar-refractivity contribution < 1.29 is 14.3 Å². The van der Waals surface area contributed by atoms with Gasteiger partial charge in [0.25, 0.3) is 0 Å². The van der Waals surface area contributed by atoms with Crippen LogP contribution in [0.5, 0.6) is 0 Å². The summed E-state index contributed by atoms with van der Waals surface area (Å²) in [6.07, 6.45) is 8.84. The van der Waals surface area contributed by atoms with E-state index in [0.717, 1.165) is 58.3 Å². The molecule has 126 valence electrons. The highest BCUT2D eigenvalue weighted by Gasteiger charge is 2.40. The molecule has 2 aliphatic heterocycles. The summed E-state index contributed by atoms with van der Waals surface area (Å²) in [6, 6.07) is 0.456. The van der Waals surface area contributed by atoms with Gasteiger partial charge < -0.3 is 20.1 Å². The number of carbonyl (C=O) groups excluding carboxylic acids is 1. The van der Waals surface area contributed by atoms with E-state index in [0.29, 0.717) is 5.92 Å². The fourth-order valence-corrected chi connectivity index (χ4v) is 4.29. The molecule has 5 nitrogen and oxygen atoms in total. The van der Waals surface area contributed by atoms with Crippen molar-refractivity contribution in [1.82, 2.24) is 10.6 Å². The predicted molar refractivity (Wildman–Crippen MR) is 84.8 cm³/mol. The molecule has 0 bridgehead atoms. The molecular weight excluding hydrogens is 280 g/mol. The lowest BCUT2D eigenvalue weighted by molar-refractivity contribution is -0.0820. The van der Waals surface area contributed by atoms with E-state index in [1.54, 1.807) is 0 Å². The van der Waals surface area contributed by atoms with Crippen molar-refractivity contribution in [3.8, 4) is 0 Å². The van der Waals surface area contributed by atoms with Crippen LogP contribution in [0.4, 0.5) is 4.79 Å². The molecule has 3 rings (SSSR count). The van der Waals surface area contributed by atoms with Crippen LogP contribution in [0.25, 0.3) is 0 Å². The monoisotopic (exact) mass is 310 g/mol. The third-order valence-corrected chi connectivity index (χ3v) is 5.67. The highest BCUT2D eigenvalue weighted by atomic mass is 16.5. The minimum atomic E-state index is -0.0148. The summed E-state index contributed by atoms with van der Waals surface area (Å²) in [5.74, 6) is 0.537. The van der Waals surface area contributed by atoms with Crippen LogP contribution >= 0.6 is 0 Å². The van der Waals surface area contributed by atoms with Crippen molar-refractivity contribution in [2.24, 2.45) is 5.92 Å². The third kappa shape index (κ3) is 3.93. The van der Waals surface area contributed by atoms with Crippen LogP contribution in [0.2, 0.25) is 0 Å². The summed E-state index contributed by atoms with van der Waals surface area (Å²) in [6.45, 7) is 4.53. The van der Waals surface area contributed by atoms with Gasteiger partial charge in [0.15, 0.2) is 0 Å². The summed E-state index contributed by atoms with van der Waals surface area (Å²) < 4.78 is 11.4. The molecule has 0 aromatic rings. The van der Waals surface area contributed by atoms with Gasteiger partial charge in [0, 0.05) is 31.9 Å². The molecular formula is C17H30N2O3. The summed E-state index contributed by atoms with van der Waals surface area (Å²) in [7, 11) is 0. The molecule has 2 saturated heterocycles. The quantitative estimate of drug-likeness (QED) is 0.842.